The summed E-state index contributed by atoms with van der Waals surface area (Å²) in [5.41, 5.74) is 9.23. The Balaban J connectivity index is 0.00000151. The van der Waals surface area contributed by atoms with Crippen molar-refractivity contribution in [1.29, 1.82) is 0 Å². The molecule has 0 aliphatic carbocycles. The minimum atomic E-state index is 0.854. The maximum absolute atomic E-state index is 8.19. The molecule has 0 bridgehead atoms. The normalized spacial score (nSPS) is 11.7. The number of hydrogen-bond acceptors (Lipinski definition) is 3. The van der Waals surface area contributed by atoms with Gasteiger partial charge in [-0.1, -0.05) is 42.0 Å². The molecule has 0 fully saturated rings. The summed E-state index contributed by atoms with van der Waals surface area (Å²) in [6, 6.07) is 10.6. The fraction of sp³-hybridized carbons (Fsp3) is 0.286. The molecule has 131 valence electrons. The van der Waals surface area contributed by atoms with Crippen molar-refractivity contribution < 1.29 is 21.0 Å². The van der Waals surface area contributed by atoms with Gasteiger partial charge in [-0.3, -0.25) is 4.99 Å². The molecule has 0 saturated carbocycles. The van der Waals surface area contributed by atoms with E-state index in [0.29, 0.717) is 0 Å². The molecule has 0 atom stereocenters. The van der Waals surface area contributed by atoms with Crippen LogP contribution in [0.3, 0.4) is 0 Å². The van der Waals surface area contributed by atoms with Crippen molar-refractivity contribution in [3.05, 3.63) is 69.8 Å². The van der Waals surface area contributed by atoms with Gasteiger partial charge in [-0.2, -0.15) is 4.91 Å². The monoisotopic (exact) mass is 389 g/mol. The van der Waals surface area contributed by atoms with Gasteiger partial charge in [0.1, 0.15) is 0 Å². The zero-order valence-corrected chi connectivity index (χ0v) is 17.9. The zero-order chi connectivity index (χ0) is 19.1. The van der Waals surface area contributed by atoms with E-state index in [-0.39, 0.29) is 0 Å². The van der Waals surface area contributed by atoms with Crippen molar-refractivity contribution in [2.75, 3.05) is 0 Å². The van der Waals surface area contributed by atoms with Gasteiger partial charge in [0.2, 0.25) is 0 Å². The van der Waals surface area contributed by atoms with Crippen LogP contribution in [0.25, 0.3) is 4.91 Å². The Morgan fingerprint density at radius 2 is 1.44 bits per heavy atom. The molecule has 0 amide bonds. The van der Waals surface area contributed by atoms with Gasteiger partial charge in [-0.05, 0) is 69.4 Å². The van der Waals surface area contributed by atoms with E-state index in [4.69, 9.17) is 21.3 Å². The van der Waals surface area contributed by atoms with Crippen molar-refractivity contribution in [3.63, 3.8) is 0 Å². The van der Waals surface area contributed by atoms with Gasteiger partial charge in [-0.15, -0.1) is 0 Å². The molecule has 4 heteroatoms. The molecule has 0 aliphatic rings. The fourth-order valence-electron chi connectivity index (χ4n) is 3.02. The number of rotatable bonds is 3. The number of hydrogen-bond donors (Lipinski definition) is 0. The summed E-state index contributed by atoms with van der Waals surface area (Å²) < 4.78 is 8.19. The van der Waals surface area contributed by atoms with E-state index in [0.717, 1.165) is 39.2 Å². The van der Waals surface area contributed by atoms with Crippen LogP contribution in [-0.2, 0) is 33.7 Å². The van der Waals surface area contributed by atoms with Gasteiger partial charge in [-0.25, -0.2) is 0 Å². The number of benzene rings is 2. The molecule has 2 aromatic carbocycles. The molecule has 0 aliphatic heterocycles. The van der Waals surface area contributed by atoms with Gasteiger partial charge in [0.05, 0.1) is 5.69 Å². The molecule has 0 unspecified atom stereocenters. The van der Waals surface area contributed by atoms with Crippen molar-refractivity contribution in [3.8, 4) is 0 Å². The number of aliphatic imine (C=N–C) groups is 1. The third-order valence-corrected chi connectivity index (χ3v) is 4.31. The second-order valence-electron chi connectivity index (χ2n) is 6.28. The van der Waals surface area contributed by atoms with Gasteiger partial charge in [0.25, 0.3) is 0 Å². The standard InChI is InChI=1S/C21H25NS.O.V/c1-13-10-16(4)20(17(5)11-13)19(23)12-18(6)22-21-14(2)8-7-9-15(21)3;;/h7-12,23H,1-6H3;;/p-1/b19-12-,22-18?;;. The molecule has 2 aromatic rings. The van der Waals surface area contributed by atoms with Gasteiger partial charge in [0, 0.05) is 5.71 Å². The van der Waals surface area contributed by atoms with E-state index in [1.165, 1.54) is 27.8 Å². The molecule has 0 heterocycles. The SMILES string of the molecule is CC(/C=C(\[S-])c1c(C)cc(C)cc1C)=Nc1c(C)cccc1C.[O]=[V]. The summed E-state index contributed by atoms with van der Waals surface area (Å²) >= 11 is 6.72. The number of aryl methyl sites for hydroxylation is 5. The van der Waals surface area contributed by atoms with Crippen LogP contribution >= 0.6 is 0 Å². The van der Waals surface area contributed by atoms with Crippen LogP contribution in [0.4, 0.5) is 5.69 Å². The Hall–Kier alpha value is -1.55. The average Bonchev–Trinajstić information content (AvgIpc) is 2.52. The molecule has 2 nitrogen and oxygen atoms in total. The average molecular weight is 389 g/mol. The number of nitrogens with zero attached hydrogens (tertiary/aromatic N) is 1. The summed E-state index contributed by atoms with van der Waals surface area (Å²) in [6.07, 6.45) is 2.01. The van der Waals surface area contributed by atoms with Crippen molar-refractivity contribution in [2.45, 2.75) is 41.5 Å². The molecular weight excluding hydrogens is 365 g/mol. The second kappa shape index (κ2) is 9.81. The number of allylic oxidation sites excluding steroid dienone is 1. The Morgan fingerprint density at radius 1 is 0.960 bits per heavy atom. The molecular formula is C21H24NOSV-. The van der Waals surface area contributed by atoms with E-state index in [9.17, 15) is 0 Å². The van der Waals surface area contributed by atoms with Crippen LogP contribution in [0, 0.1) is 34.6 Å². The third kappa shape index (κ3) is 5.74. The van der Waals surface area contributed by atoms with Crippen LogP contribution < -0.4 is 0 Å². The maximum atomic E-state index is 8.19. The second-order valence-corrected chi connectivity index (χ2v) is 6.72. The molecule has 0 radical (unpaired) electrons. The molecule has 0 saturated heterocycles. The van der Waals surface area contributed by atoms with Crippen LogP contribution in [0.1, 0.15) is 40.3 Å². The first-order chi connectivity index (χ1) is 11.8. The van der Waals surface area contributed by atoms with E-state index in [1.807, 2.05) is 13.0 Å². The first-order valence-corrected chi connectivity index (χ1v) is 9.04. The van der Waals surface area contributed by atoms with Gasteiger partial charge < -0.3 is 12.6 Å². The summed E-state index contributed by atoms with van der Waals surface area (Å²) in [6.45, 7) is 12.5. The van der Waals surface area contributed by atoms with Crippen molar-refractivity contribution >= 4 is 28.9 Å². The molecule has 0 spiro atoms. The predicted molar refractivity (Wildman–Crippen MR) is 105 cm³/mol. The Labute approximate surface area is 166 Å². The topological polar surface area (TPSA) is 29.4 Å². The summed E-state index contributed by atoms with van der Waals surface area (Å²) in [5.74, 6) is 0. The number of para-hydroxylation sites is 1. The Kier molecular flexibility index (Phi) is 8.44. The van der Waals surface area contributed by atoms with Crippen LogP contribution in [-0.4, -0.2) is 5.71 Å². The first kappa shape index (κ1) is 21.5. The summed E-state index contributed by atoms with van der Waals surface area (Å²) in [7, 11) is 0. The first-order valence-electron chi connectivity index (χ1n) is 8.06. The van der Waals surface area contributed by atoms with Gasteiger partial charge in [0.15, 0.2) is 0 Å². The molecule has 0 N–H and O–H groups in total. The van der Waals surface area contributed by atoms with Crippen molar-refractivity contribution in [1.82, 2.24) is 0 Å². The van der Waals surface area contributed by atoms with Crippen LogP contribution in [0.15, 0.2) is 41.4 Å². The van der Waals surface area contributed by atoms with E-state index in [2.05, 4.69) is 65.0 Å². The van der Waals surface area contributed by atoms with Crippen LogP contribution in [0.2, 0.25) is 0 Å². The zero-order valence-electron chi connectivity index (χ0n) is 15.7. The van der Waals surface area contributed by atoms with Crippen LogP contribution in [0.5, 0.6) is 0 Å². The van der Waals surface area contributed by atoms with Crippen molar-refractivity contribution in [2.24, 2.45) is 4.99 Å². The van der Waals surface area contributed by atoms with E-state index in [1.54, 1.807) is 0 Å². The molecule has 0 aromatic heterocycles. The van der Waals surface area contributed by atoms with E-state index >= 15 is 0 Å². The fourth-order valence-corrected chi connectivity index (χ4v) is 3.51. The predicted octanol–water partition coefficient (Wildman–Crippen LogP) is 5.79. The molecule has 25 heavy (non-hydrogen) atoms. The Bertz CT molecular complexity index is 781. The molecule has 2 rings (SSSR count). The summed E-state index contributed by atoms with van der Waals surface area (Å²) in [4.78, 5) is 5.63. The minimum absolute atomic E-state index is 0.854. The quantitative estimate of drug-likeness (QED) is 0.491. The third-order valence-electron chi connectivity index (χ3n) is 3.99. The Morgan fingerprint density at radius 3 is 1.92 bits per heavy atom. The van der Waals surface area contributed by atoms with E-state index < -0.39 is 0 Å². The van der Waals surface area contributed by atoms with Gasteiger partial charge >= 0.3 is 21.0 Å². The summed E-state index contributed by atoms with van der Waals surface area (Å²) in [5, 5.41) is 0.